The number of rotatable bonds is 8. The molecule has 122 valence electrons. The van der Waals surface area contributed by atoms with Crippen molar-refractivity contribution in [2.45, 2.75) is 25.3 Å². The van der Waals surface area contributed by atoms with E-state index in [4.69, 9.17) is 9.47 Å². The zero-order chi connectivity index (χ0) is 16.1. The van der Waals surface area contributed by atoms with Crippen LogP contribution in [0.15, 0.2) is 30.5 Å². The molecule has 0 aliphatic heterocycles. The number of hydrogen-bond acceptors (Lipinski definition) is 6. The maximum Gasteiger partial charge on any atom is 0.224 e. The average Bonchev–Trinajstić information content (AvgIpc) is 3.39. The molecule has 1 fully saturated rings. The molecule has 0 radical (unpaired) electrons. The molecule has 1 heterocycles. The van der Waals surface area contributed by atoms with Gasteiger partial charge in [-0.1, -0.05) is 6.07 Å². The highest BCUT2D eigenvalue weighted by Gasteiger charge is 2.21. The van der Waals surface area contributed by atoms with E-state index in [0.717, 1.165) is 30.3 Å². The van der Waals surface area contributed by atoms with E-state index in [9.17, 15) is 0 Å². The van der Waals surface area contributed by atoms with Crippen LogP contribution in [0.4, 0.5) is 11.8 Å². The number of anilines is 2. The van der Waals surface area contributed by atoms with Gasteiger partial charge in [0.25, 0.3) is 0 Å². The maximum absolute atomic E-state index is 5.33. The summed E-state index contributed by atoms with van der Waals surface area (Å²) in [7, 11) is 3.29. The predicted octanol–water partition coefficient (Wildman–Crippen LogP) is 2.72. The van der Waals surface area contributed by atoms with E-state index in [0.29, 0.717) is 12.0 Å². The Morgan fingerprint density at radius 2 is 1.96 bits per heavy atom. The normalized spacial score (nSPS) is 13.5. The second-order valence-corrected chi connectivity index (χ2v) is 5.55. The number of hydrogen-bond donors (Lipinski definition) is 2. The van der Waals surface area contributed by atoms with Crippen molar-refractivity contribution in [1.82, 2.24) is 9.97 Å². The van der Waals surface area contributed by atoms with Gasteiger partial charge in [0, 0.05) is 18.8 Å². The first-order valence-electron chi connectivity index (χ1n) is 7.83. The topological polar surface area (TPSA) is 68.3 Å². The molecule has 0 atom stereocenters. The van der Waals surface area contributed by atoms with Gasteiger partial charge in [0.05, 0.1) is 14.2 Å². The highest BCUT2D eigenvalue weighted by atomic mass is 16.5. The van der Waals surface area contributed by atoms with Gasteiger partial charge in [0.1, 0.15) is 5.82 Å². The lowest BCUT2D eigenvalue weighted by molar-refractivity contribution is 0.354. The van der Waals surface area contributed by atoms with Crippen LogP contribution in [0.3, 0.4) is 0 Å². The standard InChI is InChI=1S/C17H22N4O2/c1-22-14-6-3-12(11-15(14)23-2)7-9-18-16-8-10-19-17(21-16)20-13-4-5-13/h3,6,8,10-11,13H,4-5,7,9H2,1-2H3,(H2,18,19,20,21). The van der Waals surface area contributed by atoms with Crippen LogP contribution in [0.25, 0.3) is 0 Å². The Morgan fingerprint density at radius 3 is 2.70 bits per heavy atom. The Hall–Kier alpha value is -2.50. The summed E-state index contributed by atoms with van der Waals surface area (Å²) < 4.78 is 10.6. The third-order valence-corrected chi connectivity index (χ3v) is 3.73. The van der Waals surface area contributed by atoms with Crippen LogP contribution in [-0.2, 0) is 6.42 Å². The molecule has 0 unspecified atom stereocenters. The summed E-state index contributed by atoms with van der Waals surface area (Å²) in [6, 6.07) is 8.41. The lowest BCUT2D eigenvalue weighted by Crippen LogP contribution is -2.10. The van der Waals surface area contributed by atoms with Crippen LogP contribution < -0.4 is 20.1 Å². The molecule has 1 aromatic heterocycles. The molecule has 2 N–H and O–H groups in total. The van der Waals surface area contributed by atoms with Gasteiger partial charge in [0.15, 0.2) is 11.5 Å². The zero-order valence-corrected chi connectivity index (χ0v) is 13.5. The van der Waals surface area contributed by atoms with Crippen LogP contribution >= 0.6 is 0 Å². The Labute approximate surface area is 136 Å². The zero-order valence-electron chi connectivity index (χ0n) is 13.5. The maximum atomic E-state index is 5.33. The molecule has 0 amide bonds. The highest BCUT2D eigenvalue weighted by Crippen LogP contribution is 2.27. The van der Waals surface area contributed by atoms with E-state index < -0.39 is 0 Å². The van der Waals surface area contributed by atoms with Gasteiger partial charge in [-0.25, -0.2) is 4.98 Å². The molecule has 1 saturated carbocycles. The molecular formula is C17H22N4O2. The average molecular weight is 314 g/mol. The van der Waals surface area contributed by atoms with Gasteiger partial charge in [-0.2, -0.15) is 4.98 Å². The van der Waals surface area contributed by atoms with Crippen LogP contribution in [0.1, 0.15) is 18.4 Å². The smallest absolute Gasteiger partial charge is 0.224 e. The van der Waals surface area contributed by atoms with Crippen LogP contribution in [0.5, 0.6) is 11.5 Å². The minimum absolute atomic E-state index is 0.553. The minimum atomic E-state index is 0.553. The Bertz CT molecular complexity index is 659. The van der Waals surface area contributed by atoms with Crippen molar-refractivity contribution < 1.29 is 9.47 Å². The molecule has 3 rings (SSSR count). The Kier molecular flexibility index (Phi) is 4.80. The third kappa shape index (κ3) is 4.25. The van der Waals surface area contributed by atoms with Gasteiger partial charge in [0.2, 0.25) is 5.95 Å². The number of ether oxygens (including phenoxy) is 2. The second kappa shape index (κ2) is 7.17. The lowest BCUT2D eigenvalue weighted by atomic mass is 10.1. The Balaban J connectivity index is 1.54. The van der Waals surface area contributed by atoms with E-state index in [-0.39, 0.29) is 0 Å². The molecule has 1 aliphatic rings. The van der Waals surface area contributed by atoms with Gasteiger partial charge in [-0.3, -0.25) is 0 Å². The number of nitrogens with one attached hydrogen (secondary N) is 2. The molecule has 2 aromatic rings. The molecular weight excluding hydrogens is 292 g/mol. The van der Waals surface area contributed by atoms with E-state index >= 15 is 0 Å². The van der Waals surface area contributed by atoms with Crippen molar-refractivity contribution in [3.05, 3.63) is 36.0 Å². The third-order valence-electron chi connectivity index (χ3n) is 3.73. The van der Waals surface area contributed by atoms with Crippen molar-refractivity contribution in [3.8, 4) is 11.5 Å². The molecule has 0 spiro atoms. The van der Waals surface area contributed by atoms with E-state index in [1.807, 2.05) is 24.3 Å². The molecule has 6 heteroatoms. The van der Waals surface area contributed by atoms with Crippen LogP contribution in [-0.4, -0.2) is 36.8 Å². The number of nitrogens with zero attached hydrogens (tertiary/aromatic N) is 2. The molecule has 0 bridgehead atoms. The minimum Gasteiger partial charge on any atom is -0.493 e. The SMILES string of the molecule is COc1ccc(CCNc2ccnc(NC3CC3)n2)cc1OC. The largest absolute Gasteiger partial charge is 0.493 e. The van der Waals surface area contributed by atoms with Crippen molar-refractivity contribution in [3.63, 3.8) is 0 Å². The van der Waals surface area contributed by atoms with E-state index in [1.165, 1.54) is 18.4 Å². The molecule has 1 aliphatic carbocycles. The number of aromatic nitrogens is 2. The Morgan fingerprint density at radius 1 is 1.13 bits per heavy atom. The van der Waals surface area contributed by atoms with Crippen molar-refractivity contribution in [1.29, 1.82) is 0 Å². The van der Waals surface area contributed by atoms with Crippen molar-refractivity contribution in [2.24, 2.45) is 0 Å². The summed E-state index contributed by atoms with van der Waals surface area (Å²) in [6.45, 7) is 0.787. The second-order valence-electron chi connectivity index (χ2n) is 5.55. The predicted molar refractivity (Wildman–Crippen MR) is 90.4 cm³/mol. The summed E-state index contributed by atoms with van der Waals surface area (Å²) in [5.41, 5.74) is 1.18. The number of benzene rings is 1. The lowest BCUT2D eigenvalue weighted by Gasteiger charge is -2.10. The fourth-order valence-corrected chi connectivity index (χ4v) is 2.31. The van der Waals surface area contributed by atoms with Gasteiger partial charge in [-0.05, 0) is 43.0 Å². The highest BCUT2D eigenvalue weighted by molar-refractivity contribution is 5.44. The first-order valence-corrected chi connectivity index (χ1v) is 7.83. The molecule has 1 aromatic carbocycles. The van der Waals surface area contributed by atoms with E-state index in [1.54, 1.807) is 20.4 Å². The molecule has 6 nitrogen and oxygen atoms in total. The summed E-state index contributed by atoms with van der Waals surface area (Å²) in [6.07, 6.45) is 5.06. The molecule has 0 saturated heterocycles. The fraction of sp³-hybridized carbons (Fsp3) is 0.412. The summed E-state index contributed by atoms with van der Waals surface area (Å²) in [5, 5.41) is 6.63. The first-order chi connectivity index (χ1) is 11.3. The van der Waals surface area contributed by atoms with Crippen molar-refractivity contribution in [2.75, 3.05) is 31.4 Å². The fourth-order valence-electron chi connectivity index (χ4n) is 2.31. The first kappa shape index (κ1) is 15.4. The van der Waals surface area contributed by atoms with Crippen LogP contribution in [0, 0.1) is 0 Å². The molecule has 23 heavy (non-hydrogen) atoms. The van der Waals surface area contributed by atoms with Gasteiger partial charge in [-0.15, -0.1) is 0 Å². The van der Waals surface area contributed by atoms with E-state index in [2.05, 4.69) is 20.6 Å². The van der Waals surface area contributed by atoms with Gasteiger partial charge < -0.3 is 20.1 Å². The number of methoxy groups -OCH3 is 2. The van der Waals surface area contributed by atoms with Gasteiger partial charge >= 0.3 is 0 Å². The summed E-state index contributed by atoms with van der Waals surface area (Å²) >= 11 is 0. The summed E-state index contributed by atoms with van der Waals surface area (Å²) in [4.78, 5) is 8.70. The quantitative estimate of drug-likeness (QED) is 0.781. The van der Waals surface area contributed by atoms with Crippen LogP contribution in [0.2, 0.25) is 0 Å². The summed E-state index contributed by atoms with van der Waals surface area (Å²) in [5.74, 6) is 3.03. The van der Waals surface area contributed by atoms with Crippen molar-refractivity contribution >= 4 is 11.8 Å². The monoisotopic (exact) mass is 314 g/mol.